The molecular formula is C27H44N6O11. The van der Waals surface area contributed by atoms with Crippen LogP contribution in [0.5, 0.6) is 0 Å². The maximum Gasteiger partial charge on any atom is 0.328 e. The molecule has 0 aromatic rings. The Morgan fingerprint density at radius 2 is 1.30 bits per heavy atom. The fraction of sp³-hybridized carbons (Fsp3) is 0.667. The summed E-state index contributed by atoms with van der Waals surface area (Å²) in [6.45, 7) is 4.97. The summed E-state index contributed by atoms with van der Waals surface area (Å²) >= 11 is 0. The van der Waals surface area contributed by atoms with Crippen LogP contribution in [0.2, 0.25) is 0 Å². The summed E-state index contributed by atoms with van der Waals surface area (Å²) in [6.07, 6.45) is 2.53. The molecule has 17 nitrogen and oxygen atoms in total. The third-order valence-corrected chi connectivity index (χ3v) is 6.61. The number of nitrogens with one attached hydrogen (secondary N) is 3. The van der Waals surface area contributed by atoms with E-state index in [-0.39, 0.29) is 64.8 Å². The standard InChI is InChI=1S/C27H44N6O11/c1-17(11-15-44-27(40)23(28-18(2)34)10-7-13-32(42)20(4)36)16-24(37)33(43)14-6-9-22-26(39)29-21(25(38)30-22)8-5-12-31(41)19(3)35/h16,21-23,41-43H,5-15H2,1-4H3,(H,28,34)(H,29,39)(H,30,38)/b17-16+. The van der Waals surface area contributed by atoms with Crippen LogP contribution in [0.25, 0.3) is 0 Å². The average Bonchev–Trinajstić information content (AvgIpc) is 2.93. The number of nitrogens with zero attached hydrogens (tertiary/aromatic N) is 3. The summed E-state index contributed by atoms with van der Waals surface area (Å²) in [5, 5.41) is 38.1. The molecule has 17 heteroatoms. The lowest BCUT2D eigenvalue weighted by Crippen LogP contribution is -2.61. The molecule has 3 unspecified atom stereocenters. The molecule has 0 bridgehead atoms. The molecule has 1 heterocycles. The van der Waals surface area contributed by atoms with E-state index in [0.717, 1.165) is 6.08 Å². The molecule has 0 aromatic carbocycles. The van der Waals surface area contributed by atoms with E-state index in [4.69, 9.17) is 4.74 Å². The topological polar surface area (TPSA) is 235 Å². The van der Waals surface area contributed by atoms with Gasteiger partial charge >= 0.3 is 5.97 Å². The Morgan fingerprint density at radius 1 is 0.818 bits per heavy atom. The molecule has 3 atom stereocenters. The highest BCUT2D eigenvalue weighted by Crippen LogP contribution is 2.10. The van der Waals surface area contributed by atoms with E-state index in [9.17, 15) is 49.2 Å². The van der Waals surface area contributed by atoms with E-state index in [1.165, 1.54) is 20.8 Å². The van der Waals surface area contributed by atoms with E-state index in [0.29, 0.717) is 27.2 Å². The highest BCUT2D eigenvalue weighted by molar-refractivity contribution is 5.96. The maximum absolute atomic E-state index is 12.4. The normalized spacial score (nSPS) is 17.1. The number of rotatable bonds is 18. The van der Waals surface area contributed by atoms with Gasteiger partial charge in [-0.2, -0.15) is 0 Å². The second kappa shape index (κ2) is 19.2. The van der Waals surface area contributed by atoms with Crippen LogP contribution in [0, 0.1) is 0 Å². The molecule has 0 radical (unpaired) electrons. The Labute approximate surface area is 255 Å². The van der Waals surface area contributed by atoms with Gasteiger partial charge in [0.2, 0.25) is 29.5 Å². The van der Waals surface area contributed by atoms with Gasteiger partial charge in [-0.15, -0.1) is 0 Å². The molecular weight excluding hydrogens is 584 g/mol. The van der Waals surface area contributed by atoms with Gasteiger partial charge < -0.3 is 20.7 Å². The van der Waals surface area contributed by atoms with E-state index >= 15 is 0 Å². The second-order valence-corrected chi connectivity index (χ2v) is 10.5. The summed E-state index contributed by atoms with van der Waals surface area (Å²) < 4.78 is 5.20. The molecule has 6 N–H and O–H groups in total. The Morgan fingerprint density at radius 3 is 1.77 bits per heavy atom. The van der Waals surface area contributed by atoms with Gasteiger partial charge in [-0.3, -0.25) is 44.4 Å². The average molecular weight is 629 g/mol. The molecule has 248 valence electrons. The molecule has 1 rings (SSSR count). The highest BCUT2D eigenvalue weighted by atomic mass is 16.5. The molecule has 0 saturated carbocycles. The van der Waals surface area contributed by atoms with Crippen LogP contribution in [0.1, 0.15) is 72.6 Å². The number of ether oxygens (including phenoxy) is 1. The number of amides is 6. The molecule has 44 heavy (non-hydrogen) atoms. The summed E-state index contributed by atoms with van der Waals surface area (Å²) in [4.78, 5) is 83.0. The van der Waals surface area contributed by atoms with E-state index in [2.05, 4.69) is 16.0 Å². The highest BCUT2D eigenvalue weighted by Gasteiger charge is 2.33. The van der Waals surface area contributed by atoms with Crippen LogP contribution in [-0.4, -0.2) is 117 Å². The van der Waals surface area contributed by atoms with Crippen molar-refractivity contribution >= 4 is 41.4 Å². The number of carbonyl (C=O) groups excluding carboxylic acids is 7. The summed E-state index contributed by atoms with van der Waals surface area (Å²) in [5.41, 5.74) is 0.493. The lowest BCUT2D eigenvalue weighted by molar-refractivity contribution is -0.163. The number of esters is 1. The van der Waals surface area contributed by atoms with Crippen LogP contribution in [0.15, 0.2) is 11.6 Å². The minimum atomic E-state index is -0.987. The zero-order valence-electron chi connectivity index (χ0n) is 25.5. The summed E-state index contributed by atoms with van der Waals surface area (Å²) in [5.74, 6) is -3.83. The van der Waals surface area contributed by atoms with Crippen LogP contribution in [0.3, 0.4) is 0 Å². The zero-order chi connectivity index (χ0) is 33.4. The molecule has 6 amide bonds. The maximum atomic E-state index is 12.4. The zero-order valence-corrected chi connectivity index (χ0v) is 25.5. The lowest BCUT2D eigenvalue weighted by atomic mass is 10.0. The fourth-order valence-corrected chi connectivity index (χ4v) is 4.11. The van der Waals surface area contributed by atoms with Gasteiger partial charge in [-0.1, -0.05) is 5.57 Å². The van der Waals surface area contributed by atoms with Crippen molar-refractivity contribution in [1.82, 2.24) is 31.1 Å². The van der Waals surface area contributed by atoms with Gasteiger partial charge in [-0.05, 0) is 45.4 Å². The number of hydrogen-bond donors (Lipinski definition) is 6. The molecule has 1 aliphatic heterocycles. The molecule has 0 aromatic heterocycles. The van der Waals surface area contributed by atoms with Crippen molar-refractivity contribution in [3.8, 4) is 0 Å². The molecule has 1 aliphatic rings. The summed E-state index contributed by atoms with van der Waals surface area (Å²) in [6, 6.07) is -2.64. The molecule has 1 fully saturated rings. The van der Waals surface area contributed by atoms with Gasteiger partial charge in [0, 0.05) is 52.9 Å². The first-order valence-corrected chi connectivity index (χ1v) is 14.3. The number of hydroxylamine groups is 6. The Kier molecular flexibility index (Phi) is 16.6. The van der Waals surface area contributed by atoms with Crippen molar-refractivity contribution in [2.24, 2.45) is 0 Å². The smallest absolute Gasteiger partial charge is 0.328 e. The largest absolute Gasteiger partial charge is 0.464 e. The van der Waals surface area contributed by atoms with Gasteiger partial charge in [0.25, 0.3) is 5.91 Å². The van der Waals surface area contributed by atoms with Crippen molar-refractivity contribution in [2.75, 3.05) is 26.2 Å². The Bertz CT molecular complexity index is 1080. The van der Waals surface area contributed by atoms with Gasteiger partial charge in [-0.25, -0.2) is 20.0 Å². The number of carbonyl (C=O) groups is 7. The first-order chi connectivity index (χ1) is 20.6. The van der Waals surface area contributed by atoms with Crippen LogP contribution in [0.4, 0.5) is 0 Å². The Hall–Kier alpha value is -4.09. The van der Waals surface area contributed by atoms with E-state index < -0.39 is 59.5 Å². The third kappa shape index (κ3) is 14.4. The molecule has 0 aliphatic carbocycles. The van der Waals surface area contributed by atoms with Gasteiger partial charge in [0.1, 0.15) is 18.1 Å². The minimum Gasteiger partial charge on any atom is -0.464 e. The van der Waals surface area contributed by atoms with Gasteiger partial charge in [0.15, 0.2) is 0 Å². The van der Waals surface area contributed by atoms with Gasteiger partial charge in [0.05, 0.1) is 6.61 Å². The second-order valence-electron chi connectivity index (χ2n) is 10.5. The predicted octanol–water partition coefficient (Wildman–Crippen LogP) is -0.612. The fourth-order valence-electron chi connectivity index (χ4n) is 4.11. The first-order valence-electron chi connectivity index (χ1n) is 14.3. The van der Waals surface area contributed by atoms with Crippen LogP contribution >= 0.6 is 0 Å². The van der Waals surface area contributed by atoms with E-state index in [1.54, 1.807) is 6.92 Å². The minimum absolute atomic E-state index is 0.0200. The lowest BCUT2D eigenvalue weighted by Gasteiger charge is -2.30. The first kappa shape index (κ1) is 37.9. The Balaban J connectivity index is 2.43. The summed E-state index contributed by atoms with van der Waals surface area (Å²) in [7, 11) is 0. The monoisotopic (exact) mass is 628 g/mol. The van der Waals surface area contributed by atoms with Crippen LogP contribution < -0.4 is 16.0 Å². The van der Waals surface area contributed by atoms with Crippen LogP contribution in [-0.2, 0) is 38.3 Å². The molecule has 0 spiro atoms. The number of hydrogen-bond acceptors (Lipinski definition) is 11. The van der Waals surface area contributed by atoms with Crippen molar-refractivity contribution in [3.05, 3.63) is 11.6 Å². The molecule has 1 saturated heterocycles. The third-order valence-electron chi connectivity index (χ3n) is 6.61. The SMILES string of the molecule is CC(=O)NC(CCCN(O)C(C)=O)C(=O)OCC/C(C)=C/C(=O)N(O)CCCC1NC(=O)C(CCCN(O)C(C)=O)NC1=O. The predicted molar refractivity (Wildman–Crippen MR) is 150 cm³/mol. The van der Waals surface area contributed by atoms with Crippen molar-refractivity contribution < 1.29 is 53.9 Å². The quantitative estimate of drug-likeness (QED) is 0.0485. The number of piperazine rings is 1. The van der Waals surface area contributed by atoms with Crippen molar-refractivity contribution in [1.29, 1.82) is 0 Å². The van der Waals surface area contributed by atoms with E-state index in [1.807, 2.05) is 0 Å². The van der Waals surface area contributed by atoms with Crippen molar-refractivity contribution in [2.45, 2.75) is 90.8 Å². The van der Waals surface area contributed by atoms with Crippen molar-refractivity contribution in [3.63, 3.8) is 0 Å².